The summed E-state index contributed by atoms with van der Waals surface area (Å²) in [6.07, 6.45) is 2.73. The lowest BCUT2D eigenvalue weighted by molar-refractivity contribution is 0.00446. The summed E-state index contributed by atoms with van der Waals surface area (Å²) in [7, 11) is 0. The minimum Gasteiger partial charge on any atom is -0.396 e. The third kappa shape index (κ3) is 5.13. The number of anilines is 2. The number of hydrogen-bond donors (Lipinski definition) is 5. The van der Waals surface area contributed by atoms with Crippen molar-refractivity contribution in [2.45, 2.75) is 58.0 Å². The van der Waals surface area contributed by atoms with E-state index in [0.717, 1.165) is 32.9 Å². The lowest BCUT2D eigenvalue weighted by atomic mass is 10.1. The second-order valence-corrected chi connectivity index (χ2v) is 9.53. The van der Waals surface area contributed by atoms with Crippen molar-refractivity contribution in [3.8, 4) is 10.6 Å². The SMILES string of the molecule is CCOC(CC)CNc1nc(C)c(-c2nc3cnccc3s2)c(NC2CC(CO)C(O)C2O)n1. The van der Waals surface area contributed by atoms with Crippen LogP contribution in [0.4, 0.5) is 11.8 Å². The van der Waals surface area contributed by atoms with Crippen LogP contribution in [-0.2, 0) is 4.74 Å². The summed E-state index contributed by atoms with van der Waals surface area (Å²) in [6, 6.07) is 1.44. The molecule has 10 nitrogen and oxygen atoms in total. The van der Waals surface area contributed by atoms with E-state index in [0.29, 0.717) is 31.3 Å². The number of pyridine rings is 1. The fourth-order valence-electron chi connectivity index (χ4n) is 4.29. The molecule has 0 aliphatic heterocycles. The van der Waals surface area contributed by atoms with Gasteiger partial charge in [-0.2, -0.15) is 4.98 Å². The number of aromatic nitrogens is 4. The van der Waals surface area contributed by atoms with Crippen molar-refractivity contribution in [2.24, 2.45) is 5.92 Å². The minimum atomic E-state index is -1.03. The highest BCUT2D eigenvalue weighted by Gasteiger charge is 2.41. The van der Waals surface area contributed by atoms with Gasteiger partial charge in [-0.05, 0) is 32.8 Å². The predicted molar refractivity (Wildman–Crippen MR) is 132 cm³/mol. The Morgan fingerprint density at radius 3 is 2.71 bits per heavy atom. The molecule has 0 bridgehead atoms. The van der Waals surface area contributed by atoms with Crippen LogP contribution < -0.4 is 10.6 Å². The van der Waals surface area contributed by atoms with Crippen LogP contribution in [0, 0.1) is 12.8 Å². The molecule has 3 aromatic rings. The molecule has 4 rings (SSSR count). The Morgan fingerprint density at radius 2 is 2.03 bits per heavy atom. The zero-order chi connectivity index (χ0) is 24.2. The maximum Gasteiger partial charge on any atom is 0.224 e. The molecule has 5 N–H and O–H groups in total. The van der Waals surface area contributed by atoms with Gasteiger partial charge in [0.1, 0.15) is 22.4 Å². The molecule has 0 radical (unpaired) electrons. The van der Waals surface area contributed by atoms with Crippen LogP contribution in [0.2, 0.25) is 0 Å². The minimum absolute atomic E-state index is 0.0406. The largest absolute Gasteiger partial charge is 0.396 e. The molecule has 3 aromatic heterocycles. The van der Waals surface area contributed by atoms with Gasteiger partial charge in [0, 0.05) is 31.9 Å². The van der Waals surface area contributed by atoms with Gasteiger partial charge in [-0.1, -0.05) is 6.92 Å². The van der Waals surface area contributed by atoms with E-state index in [1.54, 1.807) is 12.4 Å². The summed E-state index contributed by atoms with van der Waals surface area (Å²) >= 11 is 1.51. The van der Waals surface area contributed by atoms with Crippen molar-refractivity contribution in [1.82, 2.24) is 19.9 Å². The molecule has 1 saturated carbocycles. The first-order valence-corrected chi connectivity index (χ1v) is 12.4. The quantitative estimate of drug-likeness (QED) is 0.288. The molecule has 184 valence electrons. The normalized spacial score (nSPS) is 23.4. The first kappa shape index (κ1) is 24.7. The maximum absolute atomic E-state index is 10.6. The summed E-state index contributed by atoms with van der Waals surface area (Å²) < 4.78 is 6.72. The van der Waals surface area contributed by atoms with Gasteiger partial charge in [0.2, 0.25) is 5.95 Å². The number of aliphatic hydroxyl groups excluding tert-OH is 3. The first-order chi connectivity index (χ1) is 16.4. The standard InChI is InChI=1S/C23H32N6O4S/c1-4-14(33-5-2)9-25-23-26-12(3)18(22-28-16-10-24-7-6-17(16)34-22)21(29-23)27-15-8-13(11-30)19(31)20(15)32/h6-7,10,13-15,19-20,30-32H,4-5,8-9,11H2,1-3H3,(H2,25,26,27,29). The number of nitrogens with one attached hydrogen (secondary N) is 2. The number of aryl methyl sites for hydroxylation is 1. The second-order valence-electron chi connectivity index (χ2n) is 8.50. The van der Waals surface area contributed by atoms with E-state index in [9.17, 15) is 15.3 Å². The van der Waals surface area contributed by atoms with Crippen LogP contribution in [-0.4, -0.2) is 79.4 Å². The summed E-state index contributed by atoms with van der Waals surface area (Å²) in [5, 5.41) is 37.8. The number of hydrogen-bond acceptors (Lipinski definition) is 11. The predicted octanol–water partition coefficient (Wildman–Crippen LogP) is 2.20. The van der Waals surface area contributed by atoms with Crippen LogP contribution in [0.3, 0.4) is 0 Å². The summed E-state index contributed by atoms with van der Waals surface area (Å²) in [5.41, 5.74) is 2.25. The van der Waals surface area contributed by atoms with Gasteiger partial charge < -0.3 is 30.7 Å². The molecular weight excluding hydrogens is 456 g/mol. The van der Waals surface area contributed by atoms with Gasteiger partial charge in [0.25, 0.3) is 0 Å². The number of nitrogens with zero attached hydrogens (tertiary/aromatic N) is 4. The van der Waals surface area contributed by atoms with E-state index < -0.39 is 24.2 Å². The van der Waals surface area contributed by atoms with E-state index in [2.05, 4.69) is 27.5 Å². The van der Waals surface area contributed by atoms with E-state index in [1.807, 2.05) is 19.9 Å². The zero-order valence-corrected chi connectivity index (χ0v) is 20.4. The number of rotatable bonds is 10. The molecular formula is C23H32N6O4S. The number of aliphatic hydroxyl groups is 3. The Bertz CT molecular complexity index is 1080. The monoisotopic (exact) mass is 488 g/mol. The van der Waals surface area contributed by atoms with Gasteiger partial charge in [-0.15, -0.1) is 11.3 Å². The lowest BCUT2D eigenvalue weighted by Gasteiger charge is -2.22. The fourth-order valence-corrected chi connectivity index (χ4v) is 5.32. The lowest BCUT2D eigenvalue weighted by Crippen LogP contribution is -2.36. The van der Waals surface area contributed by atoms with Gasteiger partial charge in [-0.3, -0.25) is 4.98 Å². The highest BCUT2D eigenvalue weighted by Crippen LogP contribution is 2.37. The fraction of sp³-hybridized carbons (Fsp3) is 0.565. The summed E-state index contributed by atoms with van der Waals surface area (Å²) in [5.74, 6) is 0.555. The van der Waals surface area contributed by atoms with Crippen LogP contribution in [0.5, 0.6) is 0 Å². The van der Waals surface area contributed by atoms with Gasteiger partial charge in [0.15, 0.2) is 0 Å². The smallest absolute Gasteiger partial charge is 0.224 e. The zero-order valence-electron chi connectivity index (χ0n) is 19.6. The van der Waals surface area contributed by atoms with Crippen molar-refractivity contribution >= 4 is 33.3 Å². The van der Waals surface area contributed by atoms with E-state index in [1.165, 1.54) is 11.3 Å². The maximum atomic E-state index is 10.6. The molecule has 0 aromatic carbocycles. The molecule has 0 amide bonds. The molecule has 0 spiro atoms. The third-order valence-electron chi connectivity index (χ3n) is 6.20. The average molecular weight is 489 g/mol. The highest BCUT2D eigenvalue weighted by molar-refractivity contribution is 7.21. The molecule has 3 heterocycles. The molecule has 34 heavy (non-hydrogen) atoms. The van der Waals surface area contributed by atoms with Gasteiger partial charge >= 0.3 is 0 Å². The molecule has 5 unspecified atom stereocenters. The molecule has 0 saturated heterocycles. The van der Waals surface area contributed by atoms with Gasteiger partial charge in [0.05, 0.1) is 40.4 Å². The molecule has 1 fully saturated rings. The Hall–Kier alpha value is -2.44. The van der Waals surface area contributed by atoms with E-state index >= 15 is 0 Å². The van der Waals surface area contributed by atoms with E-state index in [-0.39, 0.29) is 12.7 Å². The van der Waals surface area contributed by atoms with Crippen molar-refractivity contribution < 1.29 is 20.1 Å². The first-order valence-electron chi connectivity index (χ1n) is 11.6. The number of ether oxygens (including phenoxy) is 1. The molecule has 5 atom stereocenters. The Labute approximate surface area is 202 Å². The van der Waals surface area contributed by atoms with Crippen molar-refractivity contribution in [3.05, 3.63) is 24.2 Å². The highest BCUT2D eigenvalue weighted by atomic mass is 32.1. The van der Waals surface area contributed by atoms with Gasteiger partial charge in [-0.25, -0.2) is 9.97 Å². The van der Waals surface area contributed by atoms with Crippen molar-refractivity contribution in [2.75, 3.05) is 30.4 Å². The number of fused-ring (bicyclic) bond motifs is 1. The summed E-state index contributed by atoms with van der Waals surface area (Å²) in [4.78, 5) is 18.3. The van der Waals surface area contributed by atoms with Crippen molar-refractivity contribution in [1.29, 1.82) is 0 Å². The van der Waals surface area contributed by atoms with E-state index in [4.69, 9.17) is 14.7 Å². The van der Waals surface area contributed by atoms with Crippen LogP contribution in [0.25, 0.3) is 20.8 Å². The third-order valence-corrected chi connectivity index (χ3v) is 7.25. The van der Waals surface area contributed by atoms with Crippen LogP contribution in [0.1, 0.15) is 32.4 Å². The second kappa shape index (κ2) is 10.9. The Morgan fingerprint density at radius 1 is 1.21 bits per heavy atom. The van der Waals surface area contributed by atoms with Crippen molar-refractivity contribution in [3.63, 3.8) is 0 Å². The topological polar surface area (TPSA) is 146 Å². The molecule has 11 heteroatoms. The molecule has 1 aliphatic rings. The average Bonchev–Trinajstić information content (AvgIpc) is 3.37. The molecule has 1 aliphatic carbocycles. The van der Waals surface area contributed by atoms with Crippen LogP contribution >= 0.6 is 11.3 Å². The Balaban J connectivity index is 1.69. The summed E-state index contributed by atoms with van der Waals surface area (Å²) in [6.45, 7) is 6.93. The van der Waals surface area contributed by atoms with Crippen LogP contribution in [0.15, 0.2) is 18.5 Å². The number of thiazole rings is 1. The Kier molecular flexibility index (Phi) is 7.89.